The van der Waals surface area contributed by atoms with Gasteiger partial charge in [-0.15, -0.1) is 0 Å². The van der Waals surface area contributed by atoms with Gasteiger partial charge in [0.1, 0.15) is 6.10 Å². The van der Waals surface area contributed by atoms with E-state index in [1.165, 1.54) is 16.4 Å². The van der Waals surface area contributed by atoms with Gasteiger partial charge >= 0.3 is 12.1 Å². The molecule has 288 valence electrons. The third-order valence-electron chi connectivity index (χ3n) is 9.71. The SMILES string of the molecule is CC(C)N(C(=O)NCCC(C)(C)CN(C[C@@H](O)[C@H](Cc1ccccc1)NC(=O)O[C@H]1CO[C@H]2OCC[C@H]21)S(=O)(=O)c1ccc2c(c1)OCO2)C(C)C. The number of sulfonamides is 1. The molecule has 14 nitrogen and oxygen atoms in total. The van der Waals surface area contributed by atoms with Crippen molar-refractivity contribution >= 4 is 22.1 Å². The Morgan fingerprint density at radius 3 is 2.44 bits per heavy atom. The van der Waals surface area contributed by atoms with Crippen LogP contribution in [-0.2, 0) is 30.7 Å². The van der Waals surface area contributed by atoms with Gasteiger partial charge in [-0.25, -0.2) is 18.0 Å². The molecule has 15 heteroatoms. The number of aliphatic hydroxyl groups is 1. The lowest BCUT2D eigenvalue weighted by atomic mass is 9.89. The zero-order chi connectivity index (χ0) is 37.6. The van der Waals surface area contributed by atoms with E-state index >= 15 is 0 Å². The molecule has 2 aromatic carbocycles. The minimum Gasteiger partial charge on any atom is -0.454 e. The van der Waals surface area contributed by atoms with Crippen molar-refractivity contribution in [3.63, 3.8) is 0 Å². The van der Waals surface area contributed by atoms with E-state index in [9.17, 15) is 23.1 Å². The summed E-state index contributed by atoms with van der Waals surface area (Å²) < 4.78 is 57.9. The molecule has 0 spiro atoms. The second kappa shape index (κ2) is 17.0. The Balaban J connectivity index is 1.35. The molecular formula is C37H54N4O10S. The van der Waals surface area contributed by atoms with E-state index < -0.39 is 46.1 Å². The Kier molecular flexibility index (Phi) is 12.9. The average Bonchev–Trinajstić information content (AvgIpc) is 3.83. The number of amides is 3. The first-order valence-electron chi connectivity index (χ1n) is 18.0. The Labute approximate surface area is 307 Å². The Hall–Kier alpha value is -3.63. The van der Waals surface area contributed by atoms with Crippen LogP contribution in [0.25, 0.3) is 0 Å². The third kappa shape index (κ3) is 9.86. The number of carbonyl (C=O) groups excluding carboxylic acids is 2. The molecule has 2 saturated heterocycles. The second-order valence-electron chi connectivity index (χ2n) is 15.0. The third-order valence-corrected chi connectivity index (χ3v) is 11.5. The van der Waals surface area contributed by atoms with Gasteiger partial charge in [-0.1, -0.05) is 44.2 Å². The first-order valence-corrected chi connectivity index (χ1v) is 19.5. The topological polar surface area (TPSA) is 165 Å². The van der Waals surface area contributed by atoms with Crippen LogP contribution in [0.2, 0.25) is 0 Å². The lowest BCUT2D eigenvalue weighted by Crippen LogP contribution is -2.52. The molecule has 3 aliphatic rings. The van der Waals surface area contributed by atoms with Crippen LogP contribution in [0.1, 0.15) is 59.9 Å². The van der Waals surface area contributed by atoms with Crippen molar-refractivity contribution in [2.24, 2.45) is 11.3 Å². The van der Waals surface area contributed by atoms with Crippen LogP contribution in [0.5, 0.6) is 11.5 Å². The summed E-state index contributed by atoms with van der Waals surface area (Å²) in [6, 6.07) is 12.6. The zero-order valence-corrected chi connectivity index (χ0v) is 31.8. The van der Waals surface area contributed by atoms with Gasteiger partial charge in [0.25, 0.3) is 0 Å². The maximum absolute atomic E-state index is 14.4. The van der Waals surface area contributed by atoms with Crippen LogP contribution in [0.15, 0.2) is 53.4 Å². The number of aliphatic hydroxyl groups excluding tert-OH is 1. The highest BCUT2D eigenvalue weighted by Gasteiger charge is 2.44. The smallest absolute Gasteiger partial charge is 0.407 e. The summed E-state index contributed by atoms with van der Waals surface area (Å²) in [7, 11) is -4.22. The van der Waals surface area contributed by atoms with Gasteiger partial charge < -0.3 is 44.3 Å². The molecule has 0 aliphatic carbocycles. The van der Waals surface area contributed by atoms with E-state index in [-0.39, 0.29) is 61.8 Å². The minimum absolute atomic E-state index is 0.000232. The number of alkyl carbamates (subject to hydrolysis) is 1. The van der Waals surface area contributed by atoms with Gasteiger partial charge in [0.2, 0.25) is 16.8 Å². The fourth-order valence-electron chi connectivity index (χ4n) is 7.01. The summed E-state index contributed by atoms with van der Waals surface area (Å²) in [4.78, 5) is 28.0. The number of rotatable bonds is 16. The van der Waals surface area contributed by atoms with E-state index in [2.05, 4.69) is 10.6 Å². The molecule has 0 bridgehead atoms. The van der Waals surface area contributed by atoms with Gasteiger partial charge in [-0.05, 0) is 70.1 Å². The second-order valence-corrected chi connectivity index (χ2v) is 17.0. The summed E-state index contributed by atoms with van der Waals surface area (Å²) in [5, 5.41) is 17.7. The zero-order valence-electron chi connectivity index (χ0n) is 30.9. The van der Waals surface area contributed by atoms with Crippen LogP contribution in [-0.4, -0.2) is 111 Å². The van der Waals surface area contributed by atoms with Gasteiger partial charge in [-0.3, -0.25) is 0 Å². The van der Waals surface area contributed by atoms with Gasteiger partial charge in [0, 0.05) is 37.8 Å². The Bertz CT molecular complexity index is 1620. The number of hydrogen-bond acceptors (Lipinski definition) is 10. The molecule has 0 aromatic heterocycles. The molecule has 52 heavy (non-hydrogen) atoms. The van der Waals surface area contributed by atoms with E-state index in [4.69, 9.17) is 23.7 Å². The monoisotopic (exact) mass is 746 g/mol. The standard InChI is InChI=1S/C37H54N4O10S/c1-24(2)41(25(3)4)35(43)38-16-15-37(5,6)22-40(52(45,46)27-12-13-31-32(19-27)50-23-49-31)20-30(42)29(18-26-10-8-7-9-11-26)39-36(44)51-33-21-48-34-28(33)14-17-47-34/h7-13,19,24-25,28-30,33-34,42H,14-18,20-23H2,1-6H3,(H,38,43)(H,39,44)/t28-,29-,30+,33-,34+/m0/s1. The quantitative estimate of drug-likeness (QED) is 0.228. The van der Waals surface area contributed by atoms with Crippen molar-refractivity contribution in [3.8, 4) is 11.5 Å². The summed E-state index contributed by atoms with van der Waals surface area (Å²) in [5.41, 5.74) is 0.180. The highest BCUT2D eigenvalue weighted by atomic mass is 32.2. The Morgan fingerprint density at radius 2 is 1.73 bits per heavy atom. The van der Waals surface area contributed by atoms with Gasteiger partial charge in [0.15, 0.2) is 17.8 Å². The van der Waals surface area contributed by atoms with Crippen molar-refractivity contribution < 1.29 is 46.8 Å². The summed E-state index contributed by atoms with van der Waals surface area (Å²) in [6.07, 6.45) is -1.63. The first kappa shape index (κ1) is 39.6. The molecule has 0 saturated carbocycles. The summed E-state index contributed by atoms with van der Waals surface area (Å²) >= 11 is 0. The average molecular weight is 747 g/mol. The molecule has 2 fully saturated rings. The van der Waals surface area contributed by atoms with Crippen molar-refractivity contribution in [1.29, 1.82) is 0 Å². The fourth-order valence-corrected chi connectivity index (χ4v) is 8.68. The number of carbonyl (C=O) groups is 2. The number of ether oxygens (including phenoxy) is 5. The number of nitrogens with one attached hydrogen (secondary N) is 2. The molecular weight excluding hydrogens is 692 g/mol. The normalized spacial score (nSPS) is 20.9. The predicted octanol–water partition coefficient (Wildman–Crippen LogP) is 4.11. The van der Waals surface area contributed by atoms with Gasteiger partial charge in [-0.2, -0.15) is 4.31 Å². The van der Waals surface area contributed by atoms with E-state index in [0.717, 1.165) is 5.56 Å². The van der Waals surface area contributed by atoms with Crippen molar-refractivity contribution in [2.45, 2.75) is 102 Å². The summed E-state index contributed by atoms with van der Waals surface area (Å²) in [6.45, 7) is 12.3. The maximum Gasteiger partial charge on any atom is 0.407 e. The van der Waals surface area contributed by atoms with Crippen LogP contribution < -0.4 is 20.1 Å². The molecule has 3 amide bonds. The molecule has 3 N–H and O–H groups in total. The molecule has 2 aromatic rings. The lowest BCUT2D eigenvalue weighted by Gasteiger charge is -2.35. The number of nitrogens with zero attached hydrogens (tertiary/aromatic N) is 2. The van der Waals surface area contributed by atoms with Crippen LogP contribution in [0.3, 0.4) is 0 Å². The number of fused-ring (bicyclic) bond motifs is 2. The van der Waals surface area contributed by atoms with Crippen molar-refractivity contribution in [2.75, 3.05) is 39.6 Å². The van der Waals surface area contributed by atoms with Crippen LogP contribution in [0, 0.1) is 11.3 Å². The largest absolute Gasteiger partial charge is 0.454 e. The van der Waals surface area contributed by atoms with E-state index in [0.29, 0.717) is 37.5 Å². The summed E-state index contributed by atoms with van der Waals surface area (Å²) in [5.74, 6) is 0.671. The fraction of sp³-hybridized carbons (Fsp3) is 0.622. The molecule has 3 heterocycles. The number of benzene rings is 2. The number of urea groups is 1. The lowest BCUT2D eigenvalue weighted by molar-refractivity contribution is -0.0907. The van der Waals surface area contributed by atoms with Crippen molar-refractivity contribution in [1.82, 2.24) is 19.8 Å². The van der Waals surface area contributed by atoms with Gasteiger partial charge in [0.05, 0.1) is 36.2 Å². The van der Waals surface area contributed by atoms with Crippen molar-refractivity contribution in [3.05, 3.63) is 54.1 Å². The maximum atomic E-state index is 14.4. The van der Waals surface area contributed by atoms with Crippen LogP contribution in [0.4, 0.5) is 9.59 Å². The van der Waals surface area contributed by atoms with E-state index in [1.54, 1.807) is 11.0 Å². The van der Waals surface area contributed by atoms with E-state index in [1.807, 2.05) is 71.9 Å². The molecule has 0 unspecified atom stereocenters. The molecule has 5 atom stereocenters. The number of hydrogen-bond donors (Lipinski definition) is 3. The first-order chi connectivity index (χ1) is 24.6. The Morgan fingerprint density at radius 1 is 1.02 bits per heavy atom. The molecule has 5 rings (SSSR count). The predicted molar refractivity (Wildman–Crippen MR) is 192 cm³/mol. The minimum atomic E-state index is -4.22. The highest BCUT2D eigenvalue weighted by molar-refractivity contribution is 7.89. The molecule has 3 aliphatic heterocycles. The van der Waals surface area contributed by atoms with Crippen LogP contribution >= 0.6 is 0 Å². The molecule has 0 radical (unpaired) electrons. The highest BCUT2D eigenvalue weighted by Crippen LogP contribution is 2.36.